The predicted octanol–water partition coefficient (Wildman–Crippen LogP) is 5.57. The largest absolute Gasteiger partial charge is 0.444 e. The lowest BCUT2D eigenvalue weighted by atomic mass is 10.1. The number of alkyl halides is 3. The van der Waals surface area contributed by atoms with Gasteiger partial charge in [0.15, 0.2) is 11.6 Å². The number of methoxy groups -OCH3 is 1. The first-order chi connectivity index (χ1) is 20.1. The number of hydrogen-bond donors (Lipinski definition) is 4. The third-order valence-corrected chi connectivity index (χ3v) is 5.68. The van der Waals surface area contributed by atoms with E-state index in [1.165, 1.54) is 19.2 Å². The highest BCUT2D eigenvalue weighted by molar-refractivity contribution is 5.91. The normalized spacial score (nSPS) is 12.6. The van der Waals surface area contributed by atoms with Crippen LogP contribution in [-0.2, 0) is 15.7 Å². The summed E-state index contributed by atoms with van der Waals surface area (Å²) in [5, 5.41) is 5.46. The molecule has 0 saturated heterocycles. The first-order valence-electron chi connectivity index (χ1n) is 13.0. The van der Waals surface area contributed by atoms with Gasteiger partial charge in [0, 0.05) is 24.8 Å². The van der Waals surface area contributed by atoms with E-state index in [-0.39, 0.29) is 58.5 Å². The number of nitrogens with one attached hydrogen (secondary N) is 3. The SMILES string of the molecule is COC[C@H](C)Nc1nc(Oc2cccc3[nH]c(=O)c(N)nc23)cc(-c2ccc(C(F)(F)F)cc2NC(=O)OC(C)(C)C)n1. The van der Waals surface area contributed by atoms with Crippen LogP contribution in [0.5, 0.6) is 11.6 Å². The number of hydrogen-bond acceptors (Lipinski definition) is 10. The molecule has 0 radical (unpaired) electrons. The van der Waals surface area contributed by atoms with E-state index in [4.69, 9.17) is 19.9 Å². The lowest BCUT2D eigenvalue weighted by Crippen LogP contribution is -2.27. The zero-order valence-electron chi connectivity index (χ0n) is 23.9. The number of nitrogens with two attached hydrogens (primary N) is 1. The summed E-state index contributed by atoms with van der Waals surface area (Å²) in [4.78, 5) is 40.1. The van der Waals surface area contributed by atoms with E-state index >= 15 is 0 Å². The fourth-order valence-corrected chi connectivity index (χ4v) is 3.94. The molecule has 0 aliphatic rings. The van der Waals surface area contributed by atoms with Gasteiger partial charge in [-0.15, -0.1) is 0 Å². The molecule has 0 saturated carbocycles. The number of ether oxygens (including phenoxy) is 3. The number of para-hydroxylation sites is 1. The molecule has 5 N–H and O–H groups in total. The molecule has 0 unspecified atom stereocenters. The van der Waals surface area contributed by atoms with Gasteiger partial charge in [0.1, 0.15) is 11.1 Å². The molecule has 15 heteroatoms. The lowest BCUT2D eigenvalue weighted by Gasteiger charge is -2.21. The Morgan fingerprint density at radius 1 is 1.09 bits per heavy atom. The highest BCUT2D eigenvalue weighted by Gasteiger charge is 2.32. The van der Waals surface area contributed by atoms with Crippen molar-refractivity contribution in [3.8, 4) is 22.9 Å². The van der Waals surface area contributed by atoms with E-state index in [1.807, 2.05) is 0 Å². The van der Waals surface area contributed by atoms with Crippen molar-refractivity contribution in [2.45, 2.75) is 45.5 Å². The van der Waals surface area contributed by atoms with Crippen LogP contribution in [0.2, 0.25) is 0 Å². The van der Waals surface area contributed by atoms with Crippen molar-refractivity contribution in [1.29, 1.82) is 0 Å². The fourth-order valence-electron chi connectivity index (χ4n) is 3.94. The summed E-state index contributed by atoms with van der Waals surface area (Å²) in [7, 11) is 1.52. The summed E-state index contributed by atoms with van der Waals surface area (Å²) >= 11 is 0. The van der Waals surface area contributed by atoms with Crippen LogP contribution in [-0.4, -0.2) is 51.4 Å². The van der Waals surface area contributed by atoms with Gasteiger partial charge in [-0.25, -0.2) is 14.8 Å². The van der Waals surface area contributed by atoms with E-state index < -0.39 is 29.0 Å². The molecule has 0 spiro atoms. The number of rotatable bonds is 8. The van der Waals surface area contributed by atoms with Crippen molar-refractivity contribution in [2.24, 2.45) is 0 Å². The summed E-state index contributed by atoms with van der Waals surface area (Å²) in [5.74, 6) is -0.0635. The Balaban J connectivity index is 1.84. The zero-order valence-corrected chi connectivity index (χ0v) is 23.9. The van der Waals surface area contributed by atoms with Crippen LogP contribution in [0.1, 0.15) is 33.3 Å². The molecule has 0 aliphatic carbocycles. The maximum Gasteiger partial charge on any atom is 0.416 e. The molecule has 1 atom stereocenters. The average Bonchev–Trinajstić information content (AvgIpc) is 2.88. The molecular formula is C28H30F3N7O5. The molecule has 228 valence electrons. The van der Waals surface area contributed by atoms with Crippen LogP contribution in [0.3, 0.4) is 0 Å². The molecule has 2 heterocycles. The van der Waals surface area contributed by atoms with Gasteiger partial charge in [0.25, 0.3) is 5.56 Å². The second kappa shape index (κ2) is 12.1. The van der Waals surface area contributed by atoms with Crippen molar-refractivity contribution < 1.29 is 32.2 Å². The molecule has 4 rings (SSSR count). The minimum Gasteiger partial charge on any atom is -0.444 e. The van der Waals surface area contributed by atoms with Crippen LogP contribution in [0.25, 0.3) is 22.3 Å². The highest BCUT2D eigenvalue weighted by Crippen LogP contribution is 2.37. The second-order valence-corrected chi connectivity index (χ2v) is 10.5. The van der Waals surface area contributed by atoms with Crippen LogP contribution in [0.4, 0.5) is 35.4 Å². The first-order valence-corrected chi connectivity index (χ1v) is 13.0. The van der Waals surface area contributed by atoms with Crippen LogP contribution in [0, 0.1) is 0 Å². The number of aromatic nitrogens is 4. The molecule has 1 amide bonds. The third kappa shape index (κ3) is 7.88. The highest BCUT2D eigenvalue weighted by atomic mass is 19.4. The van der Waals surface area contributed by atoms with E-state index in [1.54, 1.807) is 45.9 Å². The molecule has 2 aromatic heterocycles. The number of nitrogens with zero attached hydrogens (tertiary/aromatic N) is 3. The summed E-state index contributed by atoms with van der Waals surface area (Å²) < 4.78 is 57.4. The Bertz CT molecular complexity index is 1700. The van der Waals surface area contributed by atoms with Crippen molar-refractivity contribution in [3.05, 3.63) is 58.4 Å². The lowest BCUT2D eigenvalue weighted by molar-refractivity contribution is -0.137. The number of halogens is 3. The van der Waals surface area contributed by atoms with Gasteiger partial charge in [-0.05, 0) is 52.0 Å². The minimum atomic E-state index is -4.69. The molecule has 2 aromatic carbocycles. The van der Waals surface area contributed by atoms with Gasteiger partial charge in [-0.3, -0.25) is 10.1 Å². The Hall–Kier alpha value is -4.92. The van der Waals surface area contributed by atoms with Gasteiger partial charge in [-0.2, -0.15) is 18.2 Å². The molecule has 4 aromatic rings. The number of amides is 1. The number of aromatic amines is 1. The number of carbonyl (C=O) groups is 1. The molecule has 0 bridgehead atoms. The second-order valence-electron chi connectivity index (χ2n) is 10.5. The first kappa shape index (κ1) is 31.0. The maximum atomic E-state index is 13.6. The van der Waals surface area contributed by atoms with Crippen molar-refractivity contribution in [2.75, 3.05) is 30.1 Å². The van der Waals surface area contributed by atoms with Crippen LogP contribution in [0.15, 0.2) is 47.3 Å². The molecule has 0 fully saturated rings. The quantitative estimate of drug-likeness (QED) is 0.201. The summed E-state index contributed by atoms with van der Waals surface area (Å²) in [6.45, 7) is 6.96. The Kier molecular flexibility index (Phi) is 8.75. The standard InChI is InChI=1S/C28H30F3N7O5/c1-14(13-41-5)33-25-35-19(12-21(37-25)42-20-8-6-7-17-22(20)38-23(32)24(39)34-17)16-10-9-15(28(29,30)31)11-18(16)36-26(40)43-27(2,3)4/h6-12,14H,13H2,1-5H3,(H2,32,38)(H,34,39)(H,36,40)(H,33,35,37)/t14-/m0/s1. The smallest absolute Gasteiger partial charge is 0.416 e. The molecule has 12 nitrogen and oxygen atoms in total. The zero-order chi connectivity index (χ0) is 31.5. The Morgan fingerprint density at radius 3 is 2.51 bits per heavy atom. The Labute approximate surface area is 243 Å². The summed E-state index contributed by atoms with van der Waals surface area (Å²) in [6, 6.07) is 8.73. The van der Waals surface area contributed by atoms with E-state index in [0.29, 0.717) is 5.52 Å². The number of H-pyrrole nitrogens is 1. The van der Waals surface area contributed by atoms with Crippen molar-refractivity contribution in [3.63, 3.8) is 0 Å². The van der Waals surface area contributed by atoms with E-state index in [0.717, 1.165) is 12.1 Å². The number of anilines is 3. The Morgan fingerprint density at radius 2 is 1.84 bits per heavy atom. The number of benzene rings is 2. The van der Waals surface area contributed by atoms with Gasteiger partial charge >= 0.3 is 12.3 Å². The monoisotopic (exact) mass is 601 g/mol. The summed E-state index contributed by atoms with van der Waals surface area (Å²) in [5.41, 5.74) is 3.86. The number of nitrogen functional groups attached to an aromatic ring is 1. The van der Waals surface area contributed by atoms with Gasteiger partial charge in [-0.1, -0.05) is 12.1 Å². The van der Waals surface area contributed by atoms with Crippen molar-refractivity contribution in [1.82, 2.24) is 19.9 Å². The van der Waals surface area contributed by atoms with Crippen molar-refractivity contribution >= 4 is 34.6 Å². The molecule has 43 heavy (non-hydrogen) atoms. The molecule has 0 aliphatic heterocycles. The van der Waals surface area contributed by atoms with Gasteiger partial charge in [0.05, 0.1) is 29.1 Å². The third-order valence-electron chi connectivity index (χ3n) is 5.68. The predicted molar refractivity (Wildman–Crippen MR) is 154 cm³/mol. The summed E-state index contributed by atoms with van der Waals surface area (Å²) in [6.07, 6.45) is -5.64. The topological polar surface area (TPSA) is 166 Å². The number of fused-ring (bicyclic) bond motifs is 1. The van der Waals surface area contributed by atoms with E-state index in [9.17, 15) is 22.8 Å². The fraction of sp³-hybridized carbons (Fsp3) is 0.321. The van der Waals surface area contributed by atoms with Crippen LogP contribution < -0.4 is 26.7 Å². The van der Waals surface area contributed by atoms with E-state index in [2.05, 4.69) is 30.6 Å². The maximum absolute atomic E-state index is 13.6. The average molecular weight is 602 g/mol. The van der Waals surface area contributed by atoms with Gasteiger partial charge < -0.3 is 30.2 Å². The van der Waals surface area contributed by atoms with Gasteiger partial charge in [0.2, 0.25) is 11.8 Å². The van der Waals surface area contributed by atoms with Crippen LogP contribution >= 0.6 is 0 Å². The molecular weight excluding hydrogens is 571 g/mol. The minimum absolute atomic E-state index is 0.0284. The number of carbonyl (C=O) groups excluding carboxylic acids is 1.